The van der Waals surface area contributed by atoms with E-state index in [-0.39, 0.29) is 18.3 Å². The van der Waals surface area contributed by atoms with Gasteiger partial charge >= 0.3 is 5.97 Å². The van der Waals surface area contributed by atoms with Crippen LogP contribution >= 0.6 is 11.3 Å². The van der Waals surface area contributed by atoms with Crippen molar-refractivity contribution in [3.05, 3.63) is 16.1 Å². The number of rotatable bonds is 9. The second-order valence-electron chi connectivity index (χ2n) is 5.86. The monoisotopic (exact) mass is 369 g/mol. The zero-order valence-corrected chi connectivity index (χ0v) is 15.8. The van der Waals surface area contributed by atoms with Crippen LogP contribution in [-0.2, 0) is 20.8 Å². The normalized spacial score (nSPS) is 15.1. The molecule has 2 rings (SSSR count). The van der Waals surface area contributed by atoms with Crippen LogP contribution in [0, 0.1) is 0 Å². The lowest BCUT2D eigenvalue weighted by Crippen LogP contribution is -2.36. The Labute approximate surface area is 152 Å². The van der Waals surface area contributed by atoms with Crippen molar-refractivity contribution in [3.8, 4) is 0 Å². The number of carbonyl (C=O) groups excluding carboxylic acids is 2. The SMILES string of the molecule is CCCN(CCC(=O)OCC)C(=O)c1csc(CN2CCOCC2)n1. The van der Waals surface area contributed by atoms with Crippen LogP contribution < -0.4 is 0 Å². The molecule has 0 aromatic carbocycles. The third-order valence-electron chi connectivity index (χ3n) is 3.91. The topological polar surface area (TPSA) is 72.0 Å². The predicted molar refractivity (Wildman–Crippen MR) is 95.7 cm³/mol. The standard InChI is InChI=1S/C17H27N3O4S/c1-3-6-20(7-5-16(21)24-4-2)17(22)14-13-25-15(18-14)12-19-8-10-23-11-9-19/h13H,3-12H2,1-2H3. The lowest BCUT2D eigenvalue weighted by Gasteiger charge is -2.25. The molecular formula is C17H27N3O4S. The van der Waals surface area contributed by atoms with Gasteiger partial charge in [-0.3, -0.25) is 14.5 Å². The smallest absolute Gasteiger partial charge is 0.307 e. The Balaban J connectivity index is 1.92. The molecule has 1 aromatic heterocycles. The summed E-state index contributed by atoms with van der Waals surface area (Å²) in [6.07, 6.45) is 1.05. The molecule has 0 aliphatic carbocycles. The van der Waals surface area contributed by atoms with E-state index in [1.807, 2.05) is 12.3 Å². The van der Waals surface area contributed by atoms with Crippen molar-refractivity contribution in [1.82, 2.24) is 14.8 Å². The second kappa shape index (κ2) is 10.5. The Morgan fingerprint density at radius 1 is 1.32 bits per heavy atom. The Bertz CT molecular complexity index is 558. The maximum atomic E-state index is 12.7. The number of aromatic nitrogens is 1. The van der Waals surface area contributed by atoms with Crippen molar-refractivity contribution in [2.24, 2.45) is 0 Å². The van der Waals surface area contributed by atoms with E-state index in [2.05, 4.69) is 9.88 Å². The molecule has 140 valence electrons. The summed E-state index contributed by atoms with van der Waals surface area (Å²) in [5.41, 5.74) is 0.463. The Morgan fingerprint density at radius 3 is 2.76 bits per heavy atom. The Hall–Kier alpha value is -1.51. The van der Waals surface area contributed by atoms with E-state index >= 15 is 0 Å². The first-order chi connectivity index (χ1) is 12.1. The lowest BCUT2D eigenvalue weighted by atomic mass is 10.3. The van der Waals surface area contributed by atoms with Gasteiger partial charge in [0.25, 0.3) is 5.91 Å². The number of thiazole rings is 1. The number of hydrogen-bond donors (Lipinski definition) is 0. The van der Waals surface area contributed by atoms with E-state index in [0.717, 1.165) is 44.3 Å². The second-order valence-corrected chi connectivity index (χ2v) is 6.80. The minimum atomic E-state index is -0.275. The summed E-state index contributed by atoms with van der Waals surface area (Å²) in [6.45, 7) is 9.14. The lowest BCUT2D eigenvalue weighted by molar-refractivity contribution is -0.143. The number of ether oxygens (including phenoxy) is 2. The molecule has 0 atom stereocenters. The molecule has 0 unspecified atom stereocenters. The molecule has 0 N–H and O–H groups in total. The molecule has 1 aliphatic rings. The number of hydrogen-bond acceptors (Lipinski definition) is 7. The van der Waals surface area contributed by atoms with Crippen LogP contribution in [0.3, 0.4) is 0 Å². The fraction of sp³-hybridized carbons (Fsp3) is 0.706. The van der Waals surface area contributed by atoms with E-state index < -0.39 is 0 Å². The molecule has 1 saturated heterocycles. The molecule has 8 heteroatoms. The van der Waals surface area contributed by atoms with Crippen LogP contribution in [0.5, 0.6) is 0 Å². The minimum Gasteiger partial charge on any atom is -0.466 e. The third kappa shape index (κ3) is 6.37. The van der Waals surface area contributed by atoms with E-state index in [4.69, 9.17) is 9.47 Å². The van der Waals surface area contributed by atoms with Crippen molar-refractivity contribution in [3.63, 3.8) is 0 Å². The van der Waals surface area contributed by atoms with Gasteiger partial charge in [0.15, 0.2) is 0 Å². The summed E-state index contributed by atoms with van der Waals surface area (Å²) < 4.78 is 10.3. The van der Waals surface area contributed by atoms with Crippen LogP contribution in [0.4, 0.5) is 0 Å². The predicted octanol–water partition coefficient (Wildman–Crippen LogP) is 1.78. The van der Waals surface area contributed by atoms with Crippen LogP contribution in [-0.4, -0.2) is 72.7 Å². The highest BCUT2D eigenvalue weighted by molar-refractivity contribution is 7.09. The highest BCUT2D eigenvalue weighted by Crippen LogP contribution is 2.15. The maximum absolute atomic E-state index is 12.7. The largest absolute Gasteiger partial charge is 0.466 e. The van der Waals surface area contributed by atoms with Gasteiger partial charge in [0.2, 0.25) is 0 Å². The minimum absolute atomic E-state index is 0.115. The van der Waals surface area contributed by atoms with Gasteiger partial charge in [-0.05, 0) is 13.3 Å². The Morgan fingerprint density at radius 2 is 2.08 bits per heavy atom. The number of nitrogens with zero attached hydrogens (tertiary/aromatic N) is 3. The van der Waals surface area contributed by atoms with E-state index in [9.17, 15) is 9.59 Å². The van der Waals surface area contributed by atoms with Gasteiger partial charge in [-0.15, -0.1) is 11.3 Å². The first-order valence-corrected chi connectivity index (χ1v) is 9.71. The maximum Gasteiger partial charge on any atom is 0.307 e. The van der Waals surface area contributed by atoms with Gasteiger partial charge in [-0.1, -0.05) is 6.92 Å². The molecule has 25 heavy (non-hydrogen) atoms. The van der Waals surface area contributed by atoms with E-state index in [1.165, 1.54) is 11.3 Å². The molecule has 2 heterocycles. The summed E-state index contributed by atoms with van der Waals surface area (Å²) in [5.74, 6) is -0.390. The van der Waals surface area contributed by atoms with Crippen molar-refractivity contribution in [2.45, 2.75) is 33.2 Å². The highest BCUT2D eigenvalue weighted by Gasteiger charge is 2.20. The van der Waals surface area contributed by atoms with Crippen LogP contribution in [0.25, 0.3) is 0 Å². The van der Waals surface area contributed by atoms with E-state index in [1.54, 1.807) is 11.8 Å². The molecule has 7 nitrogen and oxygen atoms in total. The molecule has 1 aromatic rings. The highest BCUT2D eigenvalue weighted by atomic mass is 32.1. The summed E-state index contributed by atoms with van der Waals surface area (Å²) >= 11 is 1.51. The van der Waals surface area contributed by atoms with E-state index in [0.29, 0.717) is 25.4 Å². The zero-order chi connectivity index (χ0) is 18.1. The average molecular weight is 369 g/mol. The first kappa shape index (κ1) is 19.8. The van der Waals surface area contributed by atoms with Gasteiger partial charge in [-0.25, -0.2) is 4.98 Å². The summed E-state index contributed by atoms with van der Waals surface area (Å²) in [5, 5.41) is 2.75. The van der Waals surface area contributed by atoms with Gasteiger partial charge in [0.05, 0.1) is 32.8 Å². The molecule has 0 bridgehead atoms. The van der Waals surface area contributed by atoms with Crippen LogP contribution in [0.1, 0.15) is 42.2 Å². The number of amides is 1. The van der Waals surface area contributed by atoms with Gasteiger partial charge in [0.1, 0.15) is 10.7 Å². The van der Waals surface area contributed by atoms with Gasteiger partial charge in [0, 0.05) is 31.6 Å². The molecular weight excluding hydrogens is 342 g/mol. The number of morpholine rings is 1. The molecule has 1 fully saturated rings. The molecule has 1 aliphatic heterocycles. The van der Waals surface area contributed by atoms with Crippen molar-refractivity contribution >= 4 is 23.2 Å². The summed E-state index contributed by atoms with van der Waals surface area (Å²) in [6, 6.07) is 0. The number of esters is 1. The number of carbonyl (C=O) groups is 2. The fourth-order valence-corrected chi connectivity index (χ4v) is 3.45. The van der Waals surface area contributed by atoms with Gasteiger partial charge < -0.3 is 14.4 Å². The molecule has 0 saturated carbocycles. The third-order valence-corrected chi connectivity index (χ3v) is 4.74. The van der Waals surface area contributed by atoms with Crippen molar-refractivity contribution in [2.75, 3.05) is 46.0 Å². The van der Waals surface area contributed by atoms with Gasteiger partial charge in [-0.2, -0.15) is 0 Å². The summed E-state index contributed by atoms with van der Waals surface area (Å²) in [4.78, 5) is 32.7. The fourth-order valence-electron chi connectivity index (χ4n) is 2.64. The Kier molecular flexibility index (Phi) is 8.30. The van der Waals surface area contributed by atoms with Crippen molar-refractivity contribution < 1.29 is 19.1 Å². The van der Waals surface area contributed by atoms with Crippen molar-refractivity contribution in [1.29, 1.82) is 0 Å². The molecule has 1 amide bonds. The average Bonchev–Trinajstić information content (AvgIpc) is 3.07. The zero-order valence-electron chi connectivity index (χ0n) is 15.0. The first-order valence-electron chi connectivity index (χ1n) is 8.83. The van der Waals surface area contributed by atoms with Crippen LogP contribution in [0.15, 0.2) is 5.38 Å². The molecule has 0 radical (unpaired) electrons. The van der Waals surface area contributed by atoms with Crippen LogP contribution in [0.2, 0.25) is 0 Å². The quantitative estimate of drug-likeness (QED) is 0.618. The molecule has 0 spiro atoms. The summed E-state index contributed by atoms with van der Waals surface area (Å²) in [7, 11) is 0.